The number of sulfonamides is 1. The highest BCUT2D eigenvalue weighted by atomic mass is 35.5. The van der Waals surface area contributed by atoms with E-state index >= 15 is 0 Å². The zero-order chi connectivity index (χ0) is 31.3. The second kappa shape index (κ2) is 14.1. The first-order valence-electron chi connectivity index (χ1n) is 14.6. The van der Waals surface area contributed by atoms with Crippen LogP contribution < -0.4 is 10.0 Å². The summed E-state index contributed by atoms with van der Waals surface area (Å²) in [5.74, 6) is -1.62. The molecule has 2 aliphatic heterocycles. The van der Waals surface area contributed by atoms with Gasteiger partial charge in [-0.15, -0.1) is 0 Å². The summed E-state index contributed by atoms with van der Waals surface area (Å²) in [6.45, 7) is 9.18. The fourth-order valence-electron chi connectivity index (χ4n) is 5.00. The highest BCUT2D eigenvalue weighted by molar-refractivity contribution is 7.89. The Morgan fingerprint density at radius 3 is 2.21 bits per heavy atom. The largest absolute Gasteiger partial charge is 0.481 e. The quantitative estimate of drug-likeness (QED) is 0.344. The number of rotatable bonds is 12. The van der Waals surface area contributed by atoms with Gasteiger partial charge in [-0.2, -0.15) is 4.72 Å². The lowest BCUT2D eigenvalue weighted by Gasteiger charge is -2.32. The van der Waals surface area contributed by atoms with Crippen molar-refractivity contribution >= 4 is 40.6 Å². The van der Waals surface area contributed by atoms with Gasteiger partial charge >= 0.3 is 7.12 Å². The Hall–Kier alpha value is -2.48. The molecule has 43 heavy (non-hydrogen) atoms. The predicted molar refractivity (Wildman–Crippen MR) is 165 cm³/mol. The Balaban J connectivity index is 1.56. The summed E-state index contributed by atoms with van der Waals surface area (Å²) >= 11 is 6.19. The fourth-order valence-corrected chi connectivity index (χ4v) is 6.72. The van der Waals surface area contributed by atoms with Crippen molar-refractivity contribution in [1.82, 2.24) is 14.9 Å². The standard InChI is InChI=1S/C30H41BClN3O7S/c1-29(2)30(3,4)42-31(41-29)26(16-10-13-22-11-6-5-7-12-22)33-28(37)24(21-27(36)35-17-19-40-20-18-35)34-43(38,39)25-15-9-8-14-23(25)32/h5-9,11-12,14-15,24,26,34H,10,13,16-21H2,1-4H3,(H,33,37). The van der Waals surface area contributed by atoms with Gasteiger partial charge in [0.15, 0.2) is 0 Å². The molecule has 4 rings (SSSR count). The average molecular weight is 634 g/mol. The number of hydrogen-bond acceptors (Lipinski definition) is 7. The highest BCUT2D eigenvalue weighted by Gasteiger charge is 2.54. The first kappa shape index (κ1) is 33.4. The summed E-state index contributed by atoms with van der Waals surface area (Å²) < 4.78 is 47.2. The Morgan fingerprint density at radius 1 is 0.977 bits per heavy atom. The van der Waals surface area contributed by atoms with Crippen LogP contribution in [0.4, 0.5) is 0 Å². The number of ether oxygens (including phenoxy) is 1. The zero-order valence-corrected chi connectivity index (χ0v) is 26.7. The molecule has 0 bridgehead atoms. The van der Waals surface area contributed by atoms with Crippen LogP contribution in [0, 0.1) is 0 Å². The lowest BCUT2D eigenvalue weighted by molar-refractivity contribution is -0.138. The molecule has 234 valence electrons. The van der Waals surface area contributed by atoms with Crippen LogP contribution in [0.1, 0.15) is 52.5 Å². The number of halogens is 1. The molecule has 10 nitrogen and oxygen atoms in total. The van der Waals surface area contributed by atoms with Crippen LogP contribution in [0.25, 0.3) is 0 Å². The molecule has 2 aromatic rings. The first-order chi connectivity index (χ1) is 20.3. The summed E-state index contributed by atoms with van der Waals surface area (Å²) in [6, 6.07) is 14.5. The van der Waals surface area contributed by atoms with Crippen molar-refractivity contribution in [2.45, 2.75) is 81.5 Å². The van der Waals surface area contributed by atoms with E-state index in [-0.39, 0.29) is 22.2 Å². The molecule has 2 fully saturated rings. The van der Waals surface area contributed by atoms with Crippen LogP contribution in [0.5, 0.6) is 0 Å². The lowest BCUT2D eigenvalue weighted by atomic mass is 9.75. The fraction of sp³-hybridized carbons (Fsp3) is 0.533. The second-order valence-electron chi connectivity index (χ2n) is 11.9. The Labute approximate surface area is 260 Å². The number of nitrogens with one attached hydrogen (secondary N) is 2. The van der Waals surface area contributed by atoms with Crippen molar-refractivity contribution in [3.8, 4) is 0 Å². The van der Waals surface area contributed by atoms with Gasteiger partial charge in [0.05, 0.1) is 41.8 Å². The van der Waals surface area contributed by atoms with Crippen molar-refractivity contribution < 1.29 is 32.1 Å². The molecule has 0 spiro atoms. The van der Waals surface area contributed by atoms with Gasteiger partial charge in [0.2, 0.25) is 21.8 Å². The summed E-state index contributed by atoms with van der Waals surface area (Å²) in [5, 5.41) is 2.98. The number of carbonyl (C=O) groups is 2. The maximum Gasteiger partial charge on any atom is 0.481 e. The SMILES string of the molecule is CC1(C)OB(C(CCCc2ccccc2)NC(=O)C(CC(=O)N2CCOCC2)NS(=O)(=O)c2ccccc2Cl)OC1(C)C. The molecule has 2 amide bonds. The normalized spacial score (nSPS) is 19.6. The number of carbonyl (C=O) groups excluding carboxylic acids is 2. The maximum absolute atomic E-state index is 13.9. The van der Waals surface area contributed by atoms with Crippen molar-refractivity contribution in [2.75, 3.05) is 26.3 Å². The average Bonchev–Trinajstić information content (AvgIpc) is 3.19. The molecule has 0 saturated carbocycles. The minimum Gasteiger partial charge on any atom is -0.402 e. The van der Waals surface area contributed by atoms with Gasteiger partial charge in [0, 0.05) is 13.1 Å². The topological polar surface area (TPSA) is 123 Å². The number of aryl methyl sites for hydroxylation is 1. The van der Waals surface area contributed by atoms with Crippen molar-refractivity contribution in [3.05, 3.63) is 65.2 Å². The molecule has 2 N–H and O–H groups in total. The monoisotopic (exact) mass is 633 g/mol. The molecular weight excluding hydrogens is 593 g/mol. The third-order valence-electron chi connectivity index (χ3n) is 8.23. The third-order valence-corrected chi connectivity index (χ3v) is 10.2. The van der Waals surface area contributed by atoms with Crippen LogP contribution in [-0.4, -0.2) is 81.7 Å². The number of nitrogens with zero attached hydrogens (tertiary/aromatic N) is 1. The van der Waals surface area contributed by atoms with Crippen molar-refractivity contribution in [2.24, 2.45) is 0 Å². The molecular formula is C30H41BClN3O7S. The van der Waals surface area contributed by atoms with E-state index in [1.54, 1.807) is 11.0 Å². The molecule has 13 heteroatoms. The van der Waals surface area contributed by atoms with E-state index in [1.807, 2.05) is 58.0 Å². The summed E-state index contributed by atoms with van der Waals surface area (Å²) in [6.07, 6.45) is 1.60. The molecule has 2 aliphatic rings. The van der Waals surface area contributed by atoms with Crippen LogP contribution in [-0.2, 0) is 40.1 Å². The van der Waals surface area contributed by atoms with Crippen LogP contribution >= 0.6 is 11.6 Å². The van der Waals surface area contributed by atoms with Crippen LogP contribution in [0.3, 0.4) is 0 Å². The van der Waals surface area contributed by atoms with Crippen LogP contribution in [0.15, 0.2) is 59.5 Å². The van der Waals surface area contributed by atoms with E-state index in [2.05, 4.69) is 10.0 Å². The Kier molecular flexibility index (Phi) is 11.0. The number of amides is 2. The zero-order valence-electron chi connectivity index (χ0n) is 25.2. The van der Waals surface area contributed by atoms with E-state index in [0.29, 0.717) is 39.1 Å². The smallest absolute Gasteiger partial charge is 0.402 e. The molecule has 2 atom stereocenters. The summed E-state index contributed by atoms with van der Waals surface area (Å²) in [4.78, 5) is 28.5. The first-order valence-corrected chi connectivity index (χ1v) is 16.5. The summed E-state index contributed by atoms with van der Waals surface area (Å²) in [5.41, 5.74) is -0.127. The van der Waals surface area contributed by atoms with Gasteiger partial charge in [0.1, 0.15) is 10.9 Å². The number of benzene rings is 2. The maximum atomic E-state index is 13.9. The van der Waals surface area contributed by atoms with Gasteiger partial charge in [-0.05, 0) is 64.7 Å². The van der Waals surface area contributed by atoms with Gasteiger partial charge in [-0.3, -0.25) is 9.59 Å². The predicted octanol–water partition coefficient (Wildman–Crippen LogP) is 3.37. The van der Waals surface area contributed by atoms with Gasteiger partial charge in [-0.1, -0.05) is 54.1 Å². The summed E-state index contributed by atoms with van der Waals surface area (Å²) in [7, 11) is -5.03. The van der Waals surface area contributed by atoms with Crippen molar-refractivity contribution in [1.29, 1.82) is 0 Å². The van der Waals surface area contributed by atoms with E-state index in [4.69, 9.17) is 25.6 Å². The molecule has 0 radical (unpaired) electrons. The molecule has 2 heterocycles. The van der Waals surface area contributed by atoms with E-state index in [0.717, 1.165) is 12.0 Å². The van der Waals surface area contributed by atoms with Gasteiger partial charge in [0.25, 0.3) is 0 Å². The van der Waals surface area contributed by atoms with Crippen LogP contribution in [0.2, 0.25) is 5.02 Å². The van der Waals surface area contributed by atoms with E-state index in [1.165, 1.54) is 18.2 Å². The number of hydrogen-bond donors (Lipinski definition) is 2. The molecule has 2 aromatic carbocycles. The van der Waals surface area contributed by atoms with Gasteiger partial charge < -0.3 is 24.3 Å². The molecule has 0 aliphatic carbocycles. The Morgan fingerprint density at radius 2 is 1.58 bits per heavy atom. The van der Waals surface area contributed by atoms with Crippen molar-refractivity contribution in [3.63, 3.8) is 0 Å². The Bertz CT molecular complexity index is 1350. The molecule has 2 saturated heterocycles. The minimum atomic E-state index is -4.26. The molecule has 0 aromatic heterocycles. The van der Waals surface area contributed by atoms with E-state index < -0.39 is 46.2 Å². The minimum absolute atomic E-state index is 0.00432. The van der Waals surface area contributed by atoms with Gasteiger partial charge in [-0.25, -0.2) is 8.42 Å². The third kappa shape index (κ3) is 8.58. The highest BCUT2D eigenvalue weighted by Crippen LogP contribution is 2.38. The lowest BCUT2D eigenvalue weighted by Crippen LogP contribution is -2.56. The molecule has 2 unspecified atom stereocenters. The second-order valence-corrected chi connectivity index (χ2v) is 14.0. The van der Waals surface area contributed by atoms with E-state index in [9.17, 15) is 18.0 Å². The number of morpholine rings is 1.